The minimum atomic E-state index is -1.57. The van der Waals surface area contributed by atoms with E-state index < -0.39 is 120 Å². The summed E-state index contributed by atoms with van der Waals surface area (Å²) in [6.07, 6.45) is 15.6. The maximum absolute atomic E-state index is 15.4. The van der Waals surface area contributed by atoms with Crippen LogP contribution < -0.4 is 16.0 Å². The molecule has 4 N–H and O–H groups in total. The minimum absolute atomic E-state index is 0.0376. The summed E-state index contributed by atoms with van der Waals surface area (Å²) >= 11 is 0. The van der Waals surface area contributed by atoms with Crippen LogP contribution in [0.3, 0.4) is 0 Å². The summed E-state index contributed by atoms with van der Waals surface area (Å²) in [5, 5.41) is 20.5. The normalized spacial score (nSPS) is 28.3. The average molecular weight is 1240 g/mol. The Hall–Kier alpha value is -5.34. The van der Waals surface area contributed by atoms with E-state index in [0.717, 1.165) is 116 Å². The third-order valence-electron chi connectivity index (χ3n) is 19.9. The Morgan fingerprint density at radius 2 is 0.830 bits per heavy atom. The number of hydrogen-bond acceptors (Lipinski definition) is 11. The molecule has 2 saturated heterocycles. The van der Waals surface area contributed by atoms with Crippen molar-refractivity contribution in [3.05, 3.63) is 0 Å². The van der Waals surface area contributed by atoms with Gasteiger partial charge in [-0.1, -0.05) is 138 Å². The Morgan fingerprint density at radius 1 is 0.432 bits per heavy atom. The van der Waals surface area contributed by atoms with Crippen molar-refractivity contribution in [1.82, 2.24) is 50.2 Å². The van der Waals surface area contributed by atoms with Gasteiger partial charge in [-0.05, 0) is 100 Å². The predicted octanol–water partition coefficient (Wildman–Crippen LogP) is 6.27. The number of likely N-dealkylation sites (N-methyl/N-ethyl adjacent to an activating group) is 5. The highest BCUT2D eigenvalue weighted by molar-refractivity contribution is 5.99. The number of piperidine rings is 1. The maximum atomic E-state index is 15.4. The second kappa shape index (κ2) is 35.3. The van der Waals surface area contributed by atoms with Gasteiger partial charge in [0.25, 0.3) is 0 Å². The average Bonchev–Trinajstić information content (AvgIpc) is 2.47. The monoisotopic (exact) mass is 1240 g/mol. The van der Waals surface area contributed by atoms with Crippen molar-refractivity contribution < 1.29 is 53.1 Å². The van der Waals surface area contributed by atoms with Crippen LogP contribution in [0.4, 0.5) is 0 Å². The standard InChI is InChI=1S/C67H116N10O11/c1-43(2)36-50-63(84)73(10)54(40-48-28-20-15-21-29-48)62(83)70-59(46(7)78)67(88)76(13)56(41-49-30-22-16-23-31-49)66(87)74(11)52(37-44(3)4)60(81)69-51(64(85)77-33-24-17-25-34-77)42-58(80)71(8)35-32-57(79)72(9)55(38-45(5)6)65(86)75(12)53(61(82)68-50)39-47-26-18-14-19-27-47/h43-56,59,78H,14-42H2,1-13H3,(H,68,82)(H,69,81)(H,70,83)/t46-,50+,51+,52+,53+,54+,55+,56+,59+/m1/s1. The van der Waals surface area contributed by atoms with Gasteiger partial charge in [-0.3, -0.25) is 47.9 Å². The fourth-order valence-electron chi connectivity index (χ4n) is 14.3. The molecule has 5 rings (SSSR count). The van der Waals surface area contributed by atoms with E-state index in [2.05, 4.69) is 16.0 Å². The molecule has 21 nitrogen and oxygen atoms in total. The summed E-state index contributed by atoms with van der Waals surface area (Å²) in [6, 6.07) is -9.53. The molecular weight excluding hydrogens is 1120 g/mol. The second-order valence-corrected chi connectivity index (χ2v) is 28.5. The highest BCUT2D eigenvalue weighted by Gasteiger charge is 2.44. The Morgan fingerprint density at radius 3 is 1.31 bits per heavy atom. The van der Waals surface area contributed by atoms with Gasteiger partial charge in [-0.25, -0.2) is 0 Å². The molecule has 0 aromatic heterocycles. The summed E-state index contributed by atoms with van der Waals surface area (Å²) in [4.78, 5) is 160. The molecule has 0 unspecified atom stereocenters. The molecule has 5 aliphatic rings. The van der Waals surface area contributed by atoms with Gasteiger partial charge in [0.2, 0.25) is 59.1 Å². The lowest BCUT2D eigenvalue weighted by molar-refractivity contribution is -0.152. The number of rotatable bonds is 14. The van der Waals surface area contributed by atoms with E-state index in [-0.39, 0.29) is 80.6 Å². The van der Waals surface area contributed by atoms with Gasteiger partial charge in [0, 0.05) is 68.3 Å². The van der Waals surface area contributed by atoms with Crippen LogP contribution in [-0.4, -0.2) is 215 Å². The summed E-state index contributed by atoms with van der Waals surface area (Å²) in [7, 11) is 9.19. The first kappa shape index (κ1) is 73.4. The van der Waals surface area contributed by atoms with E-state index in [1.165, 1.54) is 64.5 Å². The highest BCUT2D eigenvalue weighted by atomic mass is 16.3. The van der Waals surface area contributed by atoms with Gasteiger partial charge in [-0.15, -0.1) is 0 Å². The Balaban J connectivity index is 1.65. The molecule has 21 heteroatoms. The van der Waals surface area contributed by atoms with Crippen molar-refractivity contribution in [3.8, 4) is 0 Å². The van der Waals surface area contributed by atoms with Crippen LogP contribution in [-0.2, 0) is 47.9 Å². The van der Waals surface area contributed by atoms with Crippen LogP contribution >= 0.6 is 0 Å². The van der Waals surface area contributed by atoms with Crippen LogP contribution in [0, 0.1) is 35.5 Å². The second-order valence-electron chi connectivity index (χ2n) is 28.5. The molecule has 0 aromatic carbocycles. The molecule has 0 spiro atoms. The summed E-state index contributed by atoms with van der Waals surface area (Å²) < 4.78 is 0. The lowest BCUT2D eigenvalue weighted by Gasteiger charge is -2.39. The predicted molar refractivity (Wildman–Crippen MR) is 340 cm³/mol. The van der Waals surface area contributed by atoms with E-state index in [9.17, 15) is 19.5 Å². The third kappa shape index (κ3) is 21.1. The highest BCUT2D eigenvalue weighted by Crippen LogP contribution is 2.33. The molecule has 88 heavy (non-hydrogen) atoms. The Kier molecular flexibility index (Phi) is 29.5. The first-order valence-corrected chi connectivity index (χ1v) is 34.1. The van der Waals surface area contributed by atoms with Crippen LogP contribution in [0.2, 0.25) is 0 Å². The summed E-state index contributed by atoms with van der Waals surface area (Å²) in [6.45, 7) is 13.8. The topological polar surface area (TPSA) is 250 Å². The van der Waals surface area contributed by atoms with E-state index in [1.807, 2.05) is 41.5 Å². The zero-order valence-electron chi connectivity index (χ0n) is 56.3. The molecular formula is C67H116N10O11. The molecule has 3 saturated carbocycles. The fraction of sp³-hybridized carbons (Fsp3) is 0.851. The zero-order valence-corrected chi connectivity index (χ0v) is 56.3. The molecule has 9 atom stereocenters. The molecule has 3 aliphatic carbocycles. The lowest BCUT2D eigenvalue weighted by atomic mass is 9.83. The van der Waals surface area contributed by atoms with Gasteiger partial charge in [0.05, 0.1) is 12.5 Å². The van der Waals surface area contributed by atoms with Crippen molar-refractivity contribution in [2.75, 3.05) is 61.9 Å². The largest absolute Gasteiger partial charge is 0.391 e. The minimum Gasteiger partial charge on any atom is -0.391 e. The molecule has 5 fully saturated rings. The van der Waals surface area contributed by atoms with Crippen LogP contribution in [0.25, 0.3) is 0 Å². The fourth-order valence-corrected chi connectivity index (χ4v) is 14.3. The van der Waals surface area contributed by atoms with Crippen LogP contribution in [0.1, 0.15) is 215 Å². The first-order chi connectivity index (χ1) is 41.6. The van der Waals surface area contributed by atoms with Crippen molar-refractivity contribution in [1.29, 1.82) is 0 Å². The zero-order chi connectivity index (χ0) is 65.1. The molecule has 0 aromatic rings. The van der Waals surface area contributed by atoms with Gasteiger partial charge in [-0.2, -0.15) is 0 Å². The van der Waals surface area contributed by atoms with Crippen molar-refractivity contribution in [2.45, 2.75) is 270 Å². The van der Waals surface area contributed by atoms with Gasteiger partial charge in [0.1, 0.15) is 48.3 Å². The van der Waals surface area contributed by atoms with Crippen molar-refractivity contribution >= 4 is 59.1 Å². The molecule has 2 heterocycles. The van der Waals surface area contributed by atoms with Gasteiger partial charge < -0.3 is 55.4 Å². The van der Waals surface area contributed by atoms with Crippen molar-refractivity contribution in [3.63, 3.8) is 0 Å². The third-order valence-corrected chi connectivity index (χ3v) is 19.9. The van der Waals surface area contributed by atoms with Gasteiger partial charge in [0.15, 0.2) is 0 Å². The number of amides is 10. The number of carbonyl (C=O) groups excluding carboxylic acids is 10. The Bertz CT molecular complexity index is 2330. The molecule has 0 radical (unpaired) electrons. The number of aliphatic hydroxyl groups excluding tert-OH is 1. The van der Waals surface area contributed by atoms with E-state index in [0.29, 0.717) is 19.5 Å². The smallest absolute Gasteiger partial charge is 0.248 e. The Labute approximate surface area is 527 Å². The van der Waals surface area contributed by atoms with Crippen LogP contribution in [0.15, 0.2) is 0 Å². The number of nitrogens with one attached hydrogen (secondary N) is 3. The summed E-state index contributed by atoms with van der Waals surface area (Å²) in [5.74, 6) is -5.62. The van der Waals surface area contributed by atoms with Crippen LogP contribution in [0.5, 0.6) is 0 Å². The molecule has 10 amide bonds. The SMILES string of the molecule is CC(C)C[C@@H]1NC(=O)[C@H](CC2CCCCC2)N(C)C(=O)[C@H](CC(C)C)N(C)C(=O)CCN(C)C(=O)C[C@@H](C(=O)N2CCCCC2)NC(=O)[C@H](CC(C)C)N(C)C(=O)[C@H](CC2CCCCC2)N(C)C(=O)[C@H]([C@@H](C)O)NC(=O)[C@H](CC2CCCCC2)N(C)C1=O. The number of likely N-dealkylation sites (tertiary alicyclic amines) is 1. The maximum Gasteiger partial charge on any atom is 0.248 e. The van der Waals surface area contributed by atoms with E-state index >= 15 is 33.6 Å². The van der Waals surface area contributed by atoms with Crippen molar-refractivity contribution in [2.24, 2.45) is 35.5 Å². The lowest BCUT2D eigenvalue weighted by Crippen LogP contribution is -2.62. The number of nitrogens with zero attached hydrogens (tertiary/aromatic N) is 7. The number of hydrogen-bond donors (Lipinski definition) is 4. The molecule has 500 valence electrons. The first-order valence-electron chi connectivity index (χ1n) is 34.1. The molecule has 0 bridgehead atoms. The number of aliphatic hydroxyl groups is 1. The number of carbonyl (C=O) groups is 10. The summed E-state index contributed by atoms with van der Waals surface area (Å²) in [5.41, 5.74) is 0. The van der Waals surface area contributed by atoms with E-state index in [1.54, 1.807) is 19.0 Å². The van der Waals surface area contributed by atoms with E-state index in [4.69, 9.17) is 0 Å². The molecule has 2 aliphatic heterocycles. The van der Waals surface area contributed by atoms with Gasteiger partial charge >= 0.3 is 0 Å². The quantitative estimate of drug-likeness (QED) is 0.151.